The summed E-state index contributed by atoms with van der Waals surface area (Å²) in [5.74, 6) is 0. The molecule has 0 atom stereocenters. The Bertz CT molecular complexity index is 520. The van der Waals surface area contributed by atoms with Gasteiger partial charge in [-0.1, -0.05) is 30.3 Å². The molecule has 1 aliphatic heterocycles. The number of anilines is 1. The van der Waals surface area contributed by atoms with Gasteiger partial charge in [0.05, 0.1) is 0 Å². The first kappa shape index (κ1) is 7.63. The topological polar surface area (TPSA) is 3.24 Å². The van der Waals surface area contributed by atoms with E-state index in [-0.39, 0.29) is 0 Å². The zero-order chi connectivity index (χ0) is 9.54. The first-order valence-corrected chi connectivity index (χ1v) is 4.79. The van der Waals surface area contributed by atoms with Gasteiger partial charge in [0.15, 0.2) is 0 Å². The Kier molecular flexibility index (Phi) is 1.42. The molecule has 0 N–H and O–H groups in total. The van der Waals surface area contributed by atoms with Crippen molar-refractivity contribution in [3.8, 4) is 0 Å². The number of rotatable bonds is 0. The number of hydrogen-bond acceptors (Lipinski definition) is 1. The summed E-state index contributed by atoms with van der Waals surface area (Å²) >= 11 is 0. The molecule has 2 aromatic rings. The molecule has 0 bridgehead atoms. The number of nitrogens with zero attached hydrogens (tertiary/aromatic N) is 1. The van der Waals surface area contributed by atoms with E-state index in [9.17, 15) is 0 Å². The Balaban J connectivity index is 2.52. The van der Waals surface area contributed by atoms with Crippen LogP contribution < -0.4 is 4.90 Å². The molecule has 3 rings (SSSR count). The third-order valence-corrected chi connectivity index (χ3v) is 2.77. The van der Waals surface area contributed by atoms with E-state index < -0.39 is 0 Å². The van der Waals surface area contributed by atoms with Crippen LogP contribution >= 0.6 is 0 Å². The van der Waals surface area contributed by atoms with Crippen molar-refractivity contribution in [1.82, 2.24) is 0 Å². The summed E-state index contributed by atoms with van der Waals surface area (Å²) in [6.07, 6.45) is 4.27. The van der Waals surface area contributed by atoms with Gasteiger partial charge in [-0.2, -0.15) is 0 Å². The van der Waals surface area contributed by atoms with Crippen molar-refractivity contribution in [2.24, 2.45) is 0 Å². The van der Waals surface area contributed by atoms with Crippen LogP contribution in [0.4, 0.5) is 5.69 Å². The maximum Gasteiger partial charge on any atom is 0.0489 e. The van der Waals surface area contributed by atoms with Crippen LogP contribution in [0.25, 0.3) is 16.8 Å². The van der Waals surface area contributed by atoms with E-state index >= 15 is 0 Å². The van der Waals surface area contributed by atoms with Crippen molar-refractivity contribution in [2.75, 3.05) is 11.9 Å². The molecule has 2 aromatic carbocycles. The fraction of sp³-hybridized carbons (Fsp3) is 0.0769. The summed E-state index contributed by atoms with van der Waals surface area (Å²) < 4.78 is 0. The summed E-state index contributed by atoms with van der Waals surface area (Å²) in [4.78, 5) is 2.16. The maximum atomic E-state index is 2.16. The van der Waals surface area contributed by atoms with E-state index in [0.29, 0.717) is 0 Å². The maximum absolute atomic E-state index is 2.16. The van der Waals surface area contributed by atoms with Gasteiger partial charge in [-0.15, -0.1) is 0 Å². The highest BCUT2D eigenvalue weighted by atomic mass is 15.1. The molecule has 14 heavy (non-hydrogen) atoms. The minimum atomic E-state index is 1.29. The van der Waals surface area contributed by atoms with E-state index in [1.54, 1.807) is 0 Å². The summed E-state index contributed by atoms with van der Waals surface area (Å²) in [5, 5.41) is 2.68. The van der Waals surface area contributed by atoms with Crippen LogP contribution in [0, 0.1) is 0 Å². The molecular formula is C13H11N. The first-order valence-electron chi connectivity index (χ1n) is 4.79. The lowest BCUT2D eigenvalue weighted by Crippen LogP contribution is -2.10. The van der Waals surface area contributed by atoms with Crippen molar-refractivity contribution in [1.29, 1.82) is 0 Å². The SMILES string of the molecule is CN1C=Cc2cccc3cccc1c23. The summed E-state index contributed by atoms with van der Waals surface area (Å²) in [5.41, 5.74) is 2.61. The average Bonchev–Trinajstić information content (AvgIpc) is 2.24. The zero-order valence-corrected chi connectivity index (χ0v) is 8.07. The van der Waals surface area contributed by atoms with E-state index in [1.807, 2.05) is 0 Å². The van der Waals surface area contributed by atoms with Gasteiger partial charge in [-0.3, -0.25) is 0 Å². The van der Waals surface area contributed by atoms with Gasteiger partial charge in [-0.25, -0.2) is 0 Å². The van der Waals surface area contributed by atoms with Crippen molar-refractivity contribution >= 4 is 22.5 Å². The highest BCUT2D eigenvalue weighted by Crippen LogP contribution is 2.33. The van der Waals surface area contributed by atoms with Gasteiger partial charge in [0.1, 0.15) is 0 Å². The van der Waals surface area contributed by atoms with Crippen LogP contribution in [0.2, 0.25) is 0 Å². The molecule has 0 aromatic heterocycles. The minimum absolute atomic E-state index is 1.29. The fourth-order valence-corrected chi connectivity index (χ4v) is 2.05. The normalized spacial score (nSPS) is 13.6. The summed E-state index contributed by atoms with van der Waals surface area (Å²) in [6.45, 7) is 0. The standard InChI is InChI=1S/C13H11N/c1-14-9-8-11-5-2-4-10-6-3-7-12(14)13(10)11/h2-9H,1H3. The van der Waals surface area contributed by atoms with Gasteiger partial charge in [-0.05, 0) is 23.1 Å². The zero-order valence-electron chi connectivity index (χ0n) is 8.07. The molecule has 1 heterocycles. The van der Waals surface area contributed by atoms with E-state index in [2.05, 4.69) is 60.6 Å². The summed E-state index contributed by atoms with van der Waals surface area (Å²) in [6, 6.07) is 12.9. The predicted octanol–water partition coefficient (Wildman–Crippen LogP) is 3.26. The second kappa shape index (κ2) is 2.61. The van der Waals surface area contributed by atoms with Crippen molar-refractivity contribution in [2.45, 2.75) is 0 Å². The largest absolute Gasteiger partial charge is 0.351 e. The molecule has 1 aliphatic rings. The molecule has 0 fully saturated rings. The lowest BCUT2D eigenvalue weighted by atomic mass is 10.0. The Hall–Kier alpha value is -1.76. The molecule has 0 spiro atoms. The van der Waals surface area contributed by atoms with Gasteiger partial charge < -0.3 is 4.90 Å². The third kappa shape index (κ3) is 0.896. The van der Waals surface area contributed by atoms with Gasteiger partial charge in [0.25, 0.3) is 0 Å². The molecule has 0 saturated carbocycles. The highest BCUT2D eigenvalue weighted by molar-refractivity contribution is 6.02. The Labute approximate surface area is 83.3 Å². The third-order valence-electron chi connectivity index (χ3n) is 2.77. The van der Waals surface area contributed by atoms with Crippen molar-refractivity contribution in [3.63, 3.8) is 0 Å². The monoisotopic (exact) mass is 181 g/mol. The highest BCUT2D eigenvalue weighted by Gasteiger charge is 2.10. The Morgan fingerprint density at radius 1 is 1.00 bits per heavy atom. The second-order valence-corrected chi connectivity index (χ2v) is 3.65. The quantitative estimate of drug-likeness (QED) is 0.603. The fourth-order valence-electron chi connectivity index (χ4n) is 2.05. The molecule has 0 saturated heterocycles. The number of hydrogen-bond donors (Lipinski definition) is 0. The minimum Gasteiger partial charge on any atom is -0.351 e. The van der Waals surface area contributed by atoms with Crippen molar-refractivity contribution in [3.05, 3.63) is 48.2 Å². The van der Waals surface area contributed by atoms with Crippen LogP contribution in [-0.4, -0.2) is 7.05 Å². The van der Waals surface area contributed by atoms with Crippen LogP contribution in [-0.2, 0) is 0 Å². The van der Waals surface area contributed by atoms with Gasteiger partial charge in [0.2, 0.25) is 0 Å². The lowest BCUT2D eigenvalue weighted by molar-refractivity contribution is 1.22. The van der Waals surface area contributed by atoms with E-state index in [4.69, 9.17) is 0 Å². The molecule has 1 heteroatoms. The Morgan fingerprint density at radius 2 is 1.79 bits per heavy atom. The molecule has 0 amide bonds. The number of benzene rings is 2. The van der Waals surface area contributed by atoms with E-state index in [0.717, 1.165) is 0 Å². The van der Waals surface area contributed by atoms with Crippen LogP contribution in [0.5, 0.6) is 0 Å². The Morgan fingerprint density at radius 3 is 2.64 bits per heavy atom. The van der Waals surface area contributed by atoms with Crippen LogP contribution in [0.15, 0.2) is 42.6 Å². The predicted molar refractivity (Wildman–Crippen MR) is 61.4 cm³/mol. The van der Waals surface area contributed by atoms with Crippen LogP contribution in [0.1, 0.15) is 5.56 Å². The molecule has 1 nitrogen and oxygen atoms in total. The molecule has 0 aliphatic carbocycles. The molecule has 68 valence electrons. The smallest absolute Gasteiger partial charge is 0.0489 e. The van der Waals surface area contributed by atoms with Crippen molar-refractivity contribution < 1.29 is 0 Å². The molecule has 0 unspecified atom stereocenters. The van der Waals surface area contributed by atoms with Crippen LogP contribution in [0.3, 0.4) is 0 Å². The lowest BCUT2D eigenvalue weighted by Gasteiger charge is -2.22. The average molecular weight is 181 g/mol. The molecular weight excluding hydrogens is 170 g/mol. The van der Waals surface area contributed by atoms with Gasteiger partial charge in [0, 0.05) is 24.3 Å². The van der Waals surface area contributed by atoms with Gasteiger partial charge >= 0.3 is 0 Å². The summed E-state index contributed by atoms with van der Waals surface area (Å²) in [7, 11) is 2.08. The van der Waals surface area contributed by atoms with E-state index in [1.165, 1.54) is 22.0 Å². The second-order valence-electron chi connectivity index (χ2n) is 3.65. The molecule has 0 radical (unpaired) electrons. The first-order chi connectivity index (χ1) is 6.86.